The Morgan fingerprint density at radius 3 is 2.61 bits per heavy atom. The Morgan fingerprint density at radius 2 is 1.86 bits per heavy atom. The van der Waals surface area contributed by atoms with E-state index >= 15 is 0 Å². The van der Waals surface area contributed by atoms with Gasteiger partial charge in [-0.15, -0.1) is 6.58 Å². The van der Waals surface area contributed by atoms with Crippen molar-refractivity contribution in [2.45, 2.75) is 0 Å². The summed E-state index contributed by atoms with van der Waals surface area (Å²) in [6, 6.07) is 14.8. The first kappa shape index (κ1) is 18.9. The van der Waals surface area contributed by atoms with Crippen molar-refractivity contribution in [3.63, 3.8) is 0 Å². The zero-order valence-corrected chi connectivity index (χ0v) is 14.8. The number of nitrogens with one attached hydrogen (secondary N) is 1. The first-order chi connectivity index (χ1) is 13.6. The van der Waals surface area contributed by atoms with Crippen LogP contribution in [0.5, 0.6) is 11.5 Å². The molecule has 0 aliphatic rings. The average Bonchev–Trinajstić information content (AvgIpc) is 2.70. The lowest BCUT2D eigenvalue weighted by Gasteiger charge is -2.07. The van der Waals surface area contributed by atoms with Gasteiger partial charge in [0, 0.05) is 18.0 Å². The van der Waals surface area contributed by atoms with Gasteiger partial charge in [0.1, 0.15) is 22.6 Å². The number of amides is 1. The molecule has 1 heterocycles. The highest BCUT2D eigenvalue weighted by Gasteiger charge is 2.14. The van der Waals surface area contributed by atoms with E-state index in [1.807, 2.05) is 6.07 Å². The molecule has 0 bridgehead atoms. The van der Waals surface area contributed by atoms with Crippen molar-refractivity contribution in [3.05, 3.63) is 83.2 Å². The maximum atomic E-state index is 12.0. The molecule has 1 N–H and O–H groups in total. The summed E-state index contributed by atoms with van der Waals surface area (Å²) in [5, 5.41) is 3.04. The molecule has 0 unspecified atom stereocenters. The lowest BCUT2D eigenvalue weighted by molar-refractivity contribution is -0.136. The van der Waals surface area contributed by atoms with Gasteiger partial charge in [0.15, 0.2) is 6.61 Å². The van der Waals surface area contributed by atoms with Crippen molar-refractivity contribution in [2.75, 3.05) is 13.2 Å². The molecule has 1 aromatic heterocycles. The van der Waals surface area contributed by atoms with Gasteiger partial charge in [0.05, 0.1) is 0 Å². The largest absolute Gasteiger partial charge is 0.482 e. The third-order valence-corrected chi connectivity index (χ3v) is 3.69. The van der Waals surface area contributed by atoms with E-state index in [4.69, 9.17) is 13.9 Å². The van der Waals surface area contributed by atoms with Gasteiger partial charge >= 0.3 is 11.6 Å². The summed E-state index contributed by atoms with van der Waals surface area (Å²) >= 11 is 0. The van der Waals surface area contributed by atoms with Crippen LogP contribution >= 0.6 is 0 Å². The van der Waals surface area contributed by atoms with Crippen molar-refractivity contribution in [1.29, 1.82) is 0 Å². The summed E-state index contributed by atoms with van der Waals surface area (Å²) in [4.78, 5) is 35.9. The standard InChI is InChI=1S/C21H17NO6/c1-2-10-22-20(24)17-11-14-8-9-16(12-18(14)28-21(17)25)27-19(23)13-26-15-6-4-3-5-7-15/h2-9,11-12H,1,10,13H2,(H,22,24). The number of benzene rings is 2. The Bertz CT molecular complexity index is 1070. The van der Waals surface area contributed by atoms with Gasteiger partial charge < -0.3 is 19.2 Å². The van der Waals surface area contributed by atoms with Crippen molar-refractivity contribution in [1.82, 2.24) is 5.32 Å². The molecule has 28 heavy (non-hydrogen) atoms. The Labute approximate surface area is 160 Å². The number of hydrogen-bond acceptors (Lipinski definition) is 6. The summed E-state index contributed by atoms with van der Waals surface area (Å²) in [5.74, 6) is -0.414. The lowest BCUT2D eigenvalue weighted by atomic mass is 10.1. The zero-order valence-electron chi connectivity index (χ0n) is 14.8. The molecule has 7 heteroatoms. The lowest BCUT2D eigenvalue weighted by Crippen LogP contribution is -2.28. The number of hydrogen-bond donors (Lipinski definition) is 1. The Balaban J connectivity index is 1.71. The third kappa shape index (κ3) is 4.64. The van der Waals surface area contributed by atoms with Crippen LogP contribution in [0.2, 0.25) is 0 Å². The molecule has 2 aromatic carbocycles. The van der Waals surface area contributed by atoms with Crippen LogP contribution in [0, 0.1) is 0 Å². The molecule has 0 radical (unpaired) electrons. The maximum absolute atomic E-state index is 12.0. The van der Waals surface area contributed by atoms with E-state index in [1.54, 1.807) is 30.3 Å². The fourth-order valence-corrected chi connectivity index (χ4v) is 2.39. The maximum Gasteiger partial charge on any atom is 0.349 e. The highest BCUT2D eigenvalue weighted by molar-refractivity contribution is 5.96. The minimum absolute atomic E-state index is 0.115. The summed E-state index contributed by atoms with van der Waals surface area (Å²) in [7, 11) is 0. The van der Waals surface area contributed by atoms with Gasteiger partial charge in [-0.3, -0.25) is 4.79 Å². The third-order valence-electron chi connectivity index (χ3n) is 3.69. The smallest absolute Gasteiger partial charge is 0.349 e. The second-order valence-electron chi connectivity index (χ2n) is 5.72. The minimum Gasteiger partial charge on any atom is -0.482 e. The molecule has 0 aliphatic heterocycles. The molecule has 0 atom stereocenters. The summed E-state index contributed by atoms with van der Waals surface area (Å²) in [6.07, 6.45) is 1.50. The van der Waals surface area contributed by atoms with Crippen molar-refractivity contribution in [3.8, 4) is 11.5 Å². The SMILES string of the molecule is C=CCNC(=O)c1cc2ccc(OC(=O)COc3ccccc3)cc2oc1=O. The van der Waals surface area contributed by atoms with E-state index in [-0.39, 0.29) is 30.0 Å². The molecule has 0 saturated heterocycles. The van der Waals surface area contributed by atoms with E-state index < -0.39 is 17.5 Å². The Morgan fingerprint density at radius 1 is 1.07 bits per heavy atom. The number of ether oxygens (including phenoxy) is 2. The van der Waals surface area contributed by atoms with Crippen LogP contribution in [0.4, 0.5) is 0 Å². The number of rotatable bonds is 7. The summed E-state index contributed by atoms with van der Waals surface area (Å²) < 4.78 is 15.7. The van der Waals surface area contributed by atoms with Gasteiger partial charge in [-0.1, -0.05) is 24.3 Å². The van der Waals surface area contributed by atoms with Crippen LogP contribution in [0.1, 0.15) is 10.4 Å². The van der Waals surface area contributed by atoms with E-state index in [1.165, 1.54) is 24.3 Å². The molecule has 0 aliphatic carbocycles. The average molecular weight is 379 g/mol. The molecule has 0 spiro atoms. The molecule has 0 fully saturated rings. The highest BCUT2D eigenvalue weighted by Crippen LogP contribution is 2.21. The molecule has 142 valence electrons. The van der Waals surface area contributed by atoms with Gasteiger partial charge in [-0.25, -0.2) is 9.59 Å². The number of carbonyl (C=O) groups is 2. The summed E-state index contributed by atoms with van der Waals surface area (Å²) in [6.45, 7) is 3.46. The zero-order chi connectivity index (χ0) is 19.9. The Hall–Kier alpha value is -3.87. The number of carbonyl (C=O) groups excluding carboxylic acids is 2. The fraction of sp³-hybridized carbons (Fsp3) is 0.0952. The molecule has 3 rings (SSSR count). The van der Waals surface area contributed by atoms with E-state index in [9.17, 15) is 14.4 Å². The second kappa shape index (κ2) is 8.68. The minimum atomic E-state index is -0.787. The molecule has 0 saturated carbocycles. The predicted molar refractivity (Wildman–Crippen MR) is 103 cm³/mol. The Kier molecular flexibility index (Phi) is 5.86. The van der Waals surface area contributed by atoms with Crippen LogP contribution in [0.15, 0.2) is 76.5 Å². The van der Waals surface area contributed by atoms with Crippen molar-refractivity contribution >= 4 is 22.8 Å². The van der Waals surface area contributed by atoms with E-state index in [0.29, 0.717) is 11.1 Å². The number of esters is 1. The molecular formula is C21H17NO6. The fourth-order valence-electron chi connectivity index (χ4n) is 2.39. The first-order valence-electron chi connectivity index (χ1n) is 8.42. The van der Waals surface area contributed by atoms with Gasteiger partial charge in [0.25, 0.3) is 5.91 Å². The van der Waals surface area contributed by atoms with E-state index in [2.05, 4.69) is 11.9 Å². The van der Waals surface area contributed by atoms with Crippen LogP contribution in [0.3, 0.4) is 0 Å². The van der Waals surface area contributed by atoms with Gasteiger partial charge in [-0.2, -0.15) is 0 Å². The first-order valence-corrected chi connectivity index (χ1v) is 8.42. The van der Waals surface area contributed by atoms with Crippen molar-refractivity contribution < 1.29 is 23.5 Å². The molecule has 3 aromatic rings. The topological polar surface area (TPSA) is 94.8 Å². The number of fused-ring (bicyclic) bond motifs is 1. The van der Waals surface area contributed by atoms with E-state index in [0.717, 1.165) is 0 Å². The highest BCUT2D eigenvalue weighted by atomic mass is 16.6. The van der Waals surface area contributed by atoms with Crippen LogP contribution < -0.4 is 20.4 Å². The molecule has 7 nitrogen and oxygen atoms in total. The number of para-hydroxylation sites is 1. The second-order valence-corrected chi connectivity index (χ2v) is 5.72. The van der Waals surface area contributed by atoms with Gasteiger partial charge in [-0.05, 0) is 30.3 Å². The molecule has 1 amide bonds. The predicted octanol–water partition coefficient (Wildman–Crippen LogP) is 2.69. The van der Waals surface area contributed by atoms with Gasteiger partial charge in [0.2, 0.25) is 0 Å². The summed E-state index contributed by atoms with van der Waals surface area (Å²) in [5.41, 5.74) is -0.708. The van der Waals surface area contributed by atoms with Crippen LogP contribution in [-0.4, -0.2) is 25.0 Å². The van der Waals surface area contributed by atoms with Crippen molar-refractivity contribution in [2.24, 2.45) is 0 Å². The molecular weight excluding hydrogens is 362 g/mol. The monoisotopic (exact) mass is 379 g/mol. The van der Waals surface area contributed by atoms with Crippen LogP contribution in [0.25, 0.3) is 11.0 Å². The van der Waals surface area contributed by atoms with Crippen LogP contribution in [-0.2, 0) is 4.79 Å². The quantitative estimate of drug-likeness (QED) is 0.294. The normalized spacial score (nSPS) is 10.3.